The second-order valence-electron chi connectivity index (χ2n) is 19.4. The van der Waals surface area contributed by atoms with Crippen molar-refractivity contribution in [2.24, 2.45) is 0 Å². The first-order valence-corrected chi connectivity index (χ1v) is 31.0. The maximum absolute atomic E-state index is 12.9. The van der Waals surface area contributed by atoms with Crippen molar-refractivity contribution < 1.29 is 52.2 Å². The van der Waals surface area contributed by atoms with Crippen molar-refractivity contribution in [1.29, 1.82) is 0 Å². The molecule has 0 aliphatic carbocycles. The van der Waals surface area contributed by atoms with Crippen molar-refractivity contribution in [3.63, 3.8) is 0 Å². The summed E-state index contributed by atoms with van der Waals surface area (Å²) in [5, 5.41) is 9.82. The highest BCUT2D eigenvalue weighted by Gasteiger charge is 2.28. The van der Waals surface area contributed by atoms with Gasteiger partial charge >= 0.3 is 25.7 Å². The van der Waals surface area contributed by atoms with Gasteiger partial charge in [0.05, 0.1) is 19.8 Å². The molecule has 3 atom stereocenters. The SMILES string of the molecule is CC/C=C\C/C=C\C/C=C\C/C=C\CCCCCCCCC(=O)OC(COC(=O)CCCCC/C=C\C/C=C\C/C=C\CC)COP(=O)(O)OCC(CO)OC(=O)CCCCCCCCCCCCCCCCC. The van der Waals surface area contributed by atoms with Gasteiger partial charge in [0.25, 0.3) is 0 Å². The first-order chi connectivity index (χ1) is 36.2. The Hall–Kier alpha value is -3.34. The second-order valence-corrected chi connectivity index (χ2v) is 20.9. The minimum atomic E-state index is -4.76. The maximum atomic E-state index is 12.9. The van der Waals surface area contributed by atoms with E-state index in [2.05, 4.69) is 106 Å². The van der Waals surface area contributed by atoms with Gasteiger partial charge in [-0.1, -0.05) is 228 Å². The predicted octanol–water partition coefficient (Wildman–Crippen LogP) is 17.5. The molecule has 3 unspecified atom stereocenters. The Kier molecular flexibility index (Phi) is 53.4. The summed E-state index contributed by atoms with van der Waals surface area (Å²) in [6.45, 7) is 4.38. The Labute approximate surface area is 451 Å². The lowest BCUT2D eigenvalue weighted by Gasteiger charge is -2.21. The van der Waals surface area contributed by atoms with E-state index >= 15 is 0 Å². The maximum Gasteiger partial charge on any atom is 0.472 e. The van der Waals surface area contributed by atoms with E-state index in [0.717, 1.165) is 122 Å². The molecule has 12 heteroatoms. The van der Waals surface area contributed by atoms with Gasteiger partial charge in [-0.25, -0.2) is 4.57 Å². The number of carbonyl (C=O) groups excluding carboxylic acids is 3. The molecule has 0 aliphatic rings. The van der Waals surface area contributed by atoms with Crippen LogP contribution in [0.15, 0.2) is 85.1 Å². The number of unbranched alkanes of at least 4 members (excludes halogenated alkanes) is 23. The molecule has 0 rings (SSSR count). The van der Waals surface area contributed by atoms with Crippen molar-refractivity contribution in [2.45, 2.75) is 264 Å². The first-order valence-electron chi connectivity index (χ1n) is 29.5. The summed E-state index contributed by atoms with van der Waals surface area (Å²) in [6, 6.07) is 0. The molecule has 0 aliphatic heterocycles. The van der Waals surface area contributed by atoms with Gasteiger partial charge in [-0.15, -0.1) is 0 Å². The number of phosphoric ester groups is 1. The third-order valence-corrected chi connectivity index (χ3v) is 13.3. The molecular weight excluding hydrogens is 952 g/mol. The second kappa shape index (κ2) is 55.9. The minimum absolute atomic E-state index is 0.143. The molecule has 74 heavy (non-hydrogen) atoms. The van der Waals surface area contributed by atoms with Crippen LogP contribution in [0.1, 0.15) is 252 Å². The topological polar surface area (TPSA) is 155 Å². The number of ether oxygens (including phenoxy) is 3. The van der Waals surface area contributed by atoms with Crippen LogP contribution < -0.4 is 0 Å². The van der Waals surface area contributed by atoms with Crippen molar-refractivity contribution in [2.75, 3.05) is 26.4 Å². The molecule has 0 spiro atoms. The summed E-state index contributed by atoms with van der Waals surface area (Å²) in [7, 11) is -4.76. The summed E-state index contributed by atoms with van der Waals surface area (Å²) in [4.78, 5) is 48.6. The van der Waals surface area contributed by atoms with Crippen LogP contribution >= 0.6 is 7.82 Å². The molecule has 0 bridgehead atoms. The number of aliphatic hydroxyl groups excluding tert-OH is 1. The molecule has 0 aromatic carbocycles. The van der Waals surface area contributed by atoms with E-state index in [0.29, 0.717) is 19.3 Å². The lowest BCUT2D eigenvalue weighted by atomic mass is 10.0. The molecule has 0 fully saturated rings. The monoisotopic (exact) mass is 1060 g/mol. The van der Waals surface area contributed by atoms with Crippen molar-refractivity contribution in [1.82, 2.24) is 0 Å². The van der Waals surface area contributed by atoms with Gasteiger partial charge in [0.1, 0.15) is 12.7 Å². The van der Waals surface area contributed by atoms with E-state index in [1.54, 1.807) is 0 Å². The molecule has 2 N–H and O–H groups in total. The highest BCUT2D eigenvalue weighted by atomic mass is 31.2. The molecule has 0 amide bonds. The van der Waals surface area contributed by atoms with Gasteiger partial charge in [-0.3, -0.25) is 23.4 Å². The van der Waals surface area contributed by atoms with Crippen LogP contribution in [0.2, 0.25) is 0 Å². The molecule has 0 saturated carbocycles. The number of hydrogen-bond donors (Lipinski definition) is 2. The summed E-state index contributed by atoms with van der Waals surface area (Å²) in [5.41, 5.74) is 0. The number of esters is 3. The van der Waals surface area contributed by atoms with E-state index in [9.17, 15) is 28.9 Å². The molecular formula is C62H107O11P. The molecule has 0 saturated heterocycles. The smallest absolute Gasteiger partial charge is 0.462 e. The zero-order valence-corrected chi connectivity index (χ0v) is 47.9. The standard InChI is InChI=1S/C62H107O11P/c1-4-7-10-13-16-19-22-25-27-28-29-30-32-35-38-41-44-47-50-53-62(66)73-59(55-69-60(64)51-48-45-42-39-36-33-24-21-18-15-12-9-6-3)57-71-74(67,68)70-56-58(54-63)72-61(65)52-49-46-43-40-37-34-31-26-23-20-17-14-11-8-5-2/h7,9-10,12,16,18-19,21,25,27,29-30,33,36,58-59,63H,4-6,8,11,13-15,17,20,22-24,26,28,31-32,34-35,37-57H2,1-3H3,(H,67,68)/b10-7-,12-9-,19-16-,21-18-,27-25-,30-29-,36-33-. The molecule has 0 aromatic heterocycles. The van der Waals surface area contributed by atoms with Crippen LogP contribution in [-0.2, 0) is 42.2 Å². The summed E-state index contributed by atoms with van der Waals surface area (Å²) >= 11 is 0. The van der Waals surface area contributed by atoms with Crippen LogP contribution in [0.25, 0.3) is 0 Å². The molecule has 0 radical (unpaired) electrons. The summed E-state index contributed by atoms with van der Waals surface area (Å²) in [5.74, 6) is -1.51. The Morgan fingerprint density at radius 3 is 1.09 bits per heavy atom. The Bertz CT molecular complexity index is 1560. The zero-order valence-electron chi connectivity index (χ0n) is 47.0. The van der Waals surface area contributed by atoms with Crippen LogP contribution in [0.5, 0.6) is 0 Å². The van der Waals surface area contributed by atoms with Gasteiger partial charge in [0.15, 0.2) is 6.10 Å². The van der Waals surface area contributed by atoms with Gasteiger partial charge in [-0.05, 0) is 89.9 Å². The van der Waals surface area contributed by atoms with E-state index in [4.69, 9.17) is 23.3 Å². The summed E-state index contributed by atoms with van der Waals surface area (Å²) < 4.78 is 39.5. The van der Waals surface area contributed by atoms with E-state index < -0.39 is 57.8 Å². The Morgan fingerprint density at radius 2 is 0.703 bits per heavy atom. The number of phosphoric acid groups is 1. The van der Waals surface area contributed by atoms with Crippen molar-refractivity contribution >= 4 is 25.7 Å². The third-order valence-electron chi connectivity index (χ3n) is 12.3. The molecule has 0 heterocycles. The third kappa shape index (κ3) is 53.5. The fraction of sp³-hybridized carbons (Fsp3) is 0.726. The molecule has 0 aromatic rings. The number of allylic oxidation sites excluding steroid dienone is 14. The van der Waals surface area contributed by atoms with E-state index in [-0.39, 0.29) is 25.9 Å². The van der Waals surface area contributed by atoms with Crippen molar-refractivity contribution in [3.05, 3.63) is 85.1 Å². The number of rotatable bonds is 54. The minimum Gasteiger partial charge on any atom is -0.462 e. The first kappa shape index (κ1) is 70.7. The lowest BCUT2D eigenvalue weighted by Crippen LogP contribution is -2.30. The highest BCUT2D eigenvalue weighted by Crippen LogP contribution is 2.43. The quantitative estimate of drug-likeness (QED) is 0.0197. The number of aliphatic hydroxyl groups is 1. The van der Waals surface area contributed by atoms with Gasteiger partial charge in [-0.2, -0.15) is 0 Å². The van der Waals surface area contributed by atoms with Crippen LogP contribution in [0, 0.1) is 0 Å². The number of hydrogen-bond acceptors (Lipinski definition) is 10. The Morgan fingerprint density at radius 1 is 0.392 bits per heavy atom. The van der Waals surface area contributed by atoms with E-state index in [1.165, 1.54) is 70.6 Å². The van der Waals surface area contributed by atoms with E-state index in [1.807, 2.05) is 0 Å². The van der Waals surface area contributed by atoms with Crippen LogP contribution in [-0.4, -0.2) is 66.5 Å². The molecule has 426 valence electrons. The average Bonchev–Trinajstić information content (AvgIpc) is 3.39. The highest BCUT2D eigenvalue weighted by molar-refractivity contribution is 7.47. The normalized spacial score (nSPS) is 14.0. The largest absolute Gasteiger partial charge is 0.472 e. The van der Waals surface area contributed by atoms with Crippen LogP contribution in [0.4, 0.5) is 0 Å². The van der Waals surface area contributed by atoms with Gasteiger partial charge < -0.3 is 24.2 Å². The van der Waals surface area contributed by atoms with Crippen LogP contribution in [0.3, 0.4) is 0 Å². The zero-order chi connectivity index (χ0) is 54.1. The fourth-order valence-electron chi connectivity index (χ4n) is 7.89. The van der Waals surface area contributed by atoms with Crippen molar-refractivity contribution in [3.8, 4) is 0 Å². The fourth-order valence-corrected chi connectivity index (χ4v) is 8.68. The Balaban J connectivity index is 4.75. The average molecular weight is 1060 g/mol. The lowest BCUT2D eigenvalue weighted by molar-refractivity contribution is -0.161. The summed E-state index contributed by atoms with van der Waals surface area (Å²) in [6.07, 6.45) is 64.0. The predicted molar refractivity (Wildman–Crippen MR) is 307 cm³/mol. The van der Waals surface area contributed by atoms with Gasteiger partial charge in [0.2, 0.25) is 0 Å². The molecule has 11 nitrogen and oxygen atoms in total. The van der Waals surface area contributed by atoms with Gasteiger partial charge in [0, 0.05) is 19.3 Å². The number of carbonyl (C=O) groups is 3.